The summed E-state index contributed by atoms with van der Waals surface area (Å²) in [5.74, 6) is -1.48. The lowest BCUT2D eigenvalue weighted by Gasteiger charge is -2.06. The van der Waals surface area contributed by atoms with Crippen LogP contribution in [-0.2, 0) is 11.2 Å². The van der Waals surface area contributed by atoms with Gasteiger partial charge in [-0.2, -0.15) is 0 Å². The number of carbonyl (C=O) groups excluding carboxylic acids is 1. The molecule has 0 aromatic heterocycles. The minimum atomic E-state index is -1.06. The highest BCUT2D eigenvalue weighted by atomic mass is 16.6. The van der Waals surface area contributed by atoms with Gasteiger partial charge in [-0.1, -0.05) is 18.2 Å². The molecule has 0 heterocycles. The van der Waals surface area contributed by atoms with Crippen LogP contribution in [0.4, 0.5) is 11.4 Å². The molecule has 0 bridgehead atoms. The number of rotatable bonds is 5. The normalized spacial score (nSPS) is 10.0. The van der Waals surface area contributed by atoms with E-state index in [1.165, 1.54) is 42.5 Å². The summed E-state index contributed by atoms with van der Waals surface area (Å²) in [5, 5.41) is 22.2. The molecule has 2 aromatic carbocycles. The monoisotopic (exact) mass is 300 g/mol. The van der Waals surface area contributed by atoms with Crippen LogP contribution in [0.25, 0.3) is 0 Å². The Kier molecular flexibility index (Phi) is 4.47. The van der Waals surface area contributed by atoms with Crippen LogP contribution in [0.1, 0.15) is 15.9 Å². The predicted octanol–water partition coefficient (Wildman–Crippen LogP) is 2.47. The van der Waals surface area contributed by atoms with Crippen LogP contribution < -0.4 is 5.32 Å². The zero-order chi connectivity index (χ0) is 16.1. The molecule has 0 radical (unpaired) electrons. The summed E-state index contributed by atoms with van der Waals surface area (Å²) >= 11 is 0. The Balaban J connectivity index is 2.07. The molecule has 0 saturated heterocycles. The Morgan fingerprint density at radius 1 is 1.09 bits per heavy atom. The number of carboxylic acid groups (broad SMARTS) is 1. The van der Waals surface area contributed by atoms with Crippen molar-refractivity contribution in [2.24, 2.45) is 0 Å². The third-order valence-corrected chi connectivity index (χ3v) is 2.95. The fourth-order valence-corrected chi connectivity index (χ4v) is 1.91. The highest BCUT2D eigenvalue weighted by molar-refractivity contribution is 5.94. The number of nitro groups is 1. The average molecular weight is 300 g/mol. The van der Waals surface area contributed by atoms with E-state index >= 15 is 0 Å². The second kappa shape index (κ2) is 6.49. The van der Waals surface area contributed by atoms with Gasteiger partial charge in [-0.3, -0.25) is 14.9 Å². The topological polar surface area (TPSA) is 110 Å². The molecule has 1 amide bonds. The summed E-state index contributed by atoms with van der Waals surface area (Å²) in [4.78, 5) is 33.0. The van der Waals surface area contributed by atoms with E-state index in [1.54, 1.807) is 6.07 Å². The molecule has 7 heteroatoms. The van der Waals surface area contributed by atoms with Crippen LogP contribution in [0.3, 0.4) is 0 Å². The summed E-state index contributed by atoms with van der Waals surface area (Å²) in [7, 11) is 0. The van der Waals surface area contributed by atoms with Crippen molar-refractivity contribution in [2.45, 2.75) is 6.42 Å². The number of carboxylic acids is 1. The molecule has 0 saturated carbocycles. The number of aromatic carboxylic acids is 1. The van der Waals surface area contributed by atoms with Gasteiger partial charge in [-0.15, -0.1) is 0 Å². The van der Waals surface area contributed by atoms with Gasteiger partial charge in [0.2, 0.25) is 5.91 Å². The first-order valence-corrected chi connectivity index (χ1v) is 6.33. The first-order chi connectivity index (χ1) is 10.5. The quantitative estimate of drug-likeness (QED) is 0.651. The number of para-hydroxylation sites is 1. The maximum Gasteiger partial charge on any atom is 0.335 e. The molecule has 22 heavy (non-hydrogen) atoms. The zero-order valence-corrected chi connectivity index (χ0v) is 11.4. The maximum atomic E-state index is 11.9. The molecule has 7 nitrogen and oxygen atoms in total. The van der Waals surface area contributed by atoms with Crippen molar-refractivity contribution in [2.75, 3.05) is 5.32 Å². The van der Waals surface area contributed by atoms with E-state index in [9.17, 15) is 19.7 Å². The number of nitrogens with one attached hydrogen (secondary N) is 1. The number of carbonyl (C=O) groups is 2. The van der Waals surface area contributed by atoms with Crippen molar-refractivity contribution < 1.29 is 19.6 Å². The smallest absolute Gasteiger partial charge is 0.335 e. The number of benzene rings is 2. The van der Waals surface area contributed by atoms with Crippen LogP contribution in [0, 0.1) is 10.1 Å². The van der Waals surface area contributed by atoms with E-state index in [4.69, 9.17) is 5.11 Å². The molecular formula is C15H12N2O5. The van der Waals surface area contributed by atoms with Gasteiger partial charge >= 0.3 is 5.97 Å². The van der Waals surface area contributed by atoms with Crippen LogP contribution in [-0.4, -0.2) is 21.9 Å². The molecule has 2 aromatic rings. The van der Waals surface area contributed by atoms with Crippen LogP contribution in [0.2, 0.25) is 0 Å². The largest absolute Gasteiger partial charge is 0.478 e. The molecule has 0 aliphatic rings. The van der Waals surface area contributed by atoms with E-state index in [0.717, 1.165) is 0 Å². The fraction of sp³-hybridized carbons (Fsp3) is 0.0667. The highest BCUT2D eigenvalue weighted by Gasteiger charge is 2.15. The third kappa shape index (κ3) is 3.66. The number of hydrogen-bond donors (Lipinski definition) is 2. The van der Waals surface area contributed by atoms with Gasteiger partial charge in [0.15, 0.2) is 0 Å². The predicted molar refractivity (Wildman–Crippen MR) is 78.8 cm³/mol. The van der Waals surface area contributed by atoms with Crippen molar-refractivity contribution in [3.8, 4) is 0 Å². The number of nitro benzene ring substituents is 1. The Bertz CT molecular complexity index is 725. The van der Waals surface area contributed by atoms with E-state index in [-0.39, 0.29) is 17.7 Å². The average Bonchev–Trinajstić information content (AvgIpc) is 2.48. The minimum absolute atomic E-state index is 0.108. The maximum absolute atomic E-state index is 11.9. The van der Waals surface area contributed by atoms with Crippen LogP contribution in [0.5, 0.6) is 0 Å². The van der Waals surface area contributed by atoms with E-state index in [2.05, 4.69) is 5.32 Å². The lowest BCUT2D eigenvalue weighted by molar-refractivity contribution is -0.385. The molecule has 0 fully saturated rings. The van der Waals surface area contributed by atoms with Gasteiger partial charge in [0, 0.05) is 17.3 Å². The molecule has 112 valence electrons. The second-order valence-electron chi connectivity index (χ2n) is 4.49. The Labute approximate surface area is 125 Å². The molecular weight excluding hydrogens is 288 g/mol. The molecule has 0 aliphatic heterocycles. The van der Waals surface area contributed by atoms with E-state index in [0.29, 0.717) is 11.3 Å². The summed E-state index contributed by atoms with van der Waals surface area (Å²) in [5.41, 5.74) is 0.733. The molecule has 0 aliphatic carbocycles. The van der Waals surface area contributed by atoms with Crippen molar-refractivity contribution in [3.05, 3.63) is 69.8 Å². The van der Waals surface area contributed by atoms with Crippen molar-refractivity contribution in [1.29, 1.82) is 0 Å². The standard InChI is InChI=1S/C15H12N2O5/c18-14(9-11-3-1-2-4-13(11)17(21)22)16-12-7-5-10(6-8-12)15(19)20/h1-8H,9H2,(H,16,18)(H,19,20). The summed E-state index contributed by atoms with van der Waals surface area (Å²) in [6.45, 7) is 0. The summed E-state index contributed by atoms with van der Waals surface area (Å²) in [6.07, 6.45) is -0.141. The lowest BCUT2D eigenvalue weighted by Crippen LogP contribution is -2.15. The van der Waals surface area contributed by atoms with Gasteiger partial charge in [0.05, 0.1) is 16.9 Å². The Morgan fingerprint density at radius 3 is 2.32 bits per heavy atom. The third-order valence-electron chi connectivity index (χ3n) is 2.95. The SMILES string of the molecule is O=C(Cc1ccccc1[N+](=O)[O-])Nc1ccc(C(=O)O)cc1. The van der Waals surface area contributed by atoms with Crippen LogP contribution >= 0.6 is 0 Å². The first kappa shape index (κ1) is 15.2. The van der Waals surface area contributed by atoms with Gasteiger partial charge in [0.25, 0.3) is 5.69 Å². The van der Waals surface area contributed by atoms with Crippen molar-refractivity contribution in [3.63, 3.8) is 0 Å². The van der Waals surface area contributed by atoms with Gasteiger partial charge < -0.3 is 10.4 Å². The van der Waals surface area contributed by atoms with Crippen LogP contribution in [0.15, 0.2) is 48.5 Å². The number of hydrogen-bond acceptors (Lipinski definition) is 4. The molecule has 0 unspecified atom stereocenters. The number of nitrogens with zero attached hydrogens (tertiary/aromatic N) is 1. The minimum Gasteiger partial charge on any atom is -0.478 e. The second-order valence-corrected chi connectivity index (χ2v) is 4.49. The molecule has 0 atom stereocenters. The molecule has 2 rings (SSSR count). The van der Waals surface area contributed by atoms with Crippen molar-refractivity contribution in [1.82, 2.24) is 0 Å². The zero-order valence-electron chi connectivity index (χ0n) is 11.4. The number of amides is 1. The molecule has 2 N–H and O–H groups in total. The highest BCUT2D eigenvalue weighted by Crippen LogP contribution is 2.19. The van der Waals surface area contributed by atoms with Gasteiger partial charge in [0.1, 0.15) is 0 Å². The first-order valence-electron chi connectivity index (χ1n) is 6.33. The van der Waals surface area contributed by atoms with Gasteiger partial charge in [-0.05, 0) is 24.3 Å². The van der Waals surface area contributed by atoms with Gasteiger partial charge in [-0.25, -0.2) is 4.79 Å². The lowest BCUT2D eigenvalue weighted by atomic mass is 10.1. The van der Waals surface area contributed by atoms with Crippen molar-refractivity contribution >= 4 is 23.3 Å². The van der Waals surface area contributed by atoms with E-state index < -0.39 is 16.8 Å². The number of anilines is 1. The summed E-state index contributed by atoms with van der Waals surface area (Å²) in [6, 6.07) is 11.7. The van der Waals surface area contributed by atoms with E-state index in [1.807, 2.05) is 0 Å². The Hall–Kier alpha value is -3.22. The Morgan fingerprint density at radius 2 is 1.73 bits per heavy atom. The molecule has 0 spiro atoms. The fourth-order valence-electron chi connectivity index (χ4n) is 1.91. The summed E-state index contributed by atoms with van der Waals surface area (Å²) < 4.78 is 0.